The summed E-state index contributed by atoms with van der Waals surface area (Å²) in [6.07, 6.45) is 0.836. The number of anilines is 1. The van der Waals surface area contributed by atoms with Crippen LogP contribution in [0.5, 0.6) is 0 Å². The van der Waals surface area contributed by atoms with Crippen LogP contribution in [-0.4, -0.2) is 16.7 Å². The van der Waals surface area contributed by atoms with E-state index in [4.69, 9.17) is 4.42 Å². The van der Waals surface area contributed by atoms with Gasteiger partial charge in [0.1, 0.15) is 10.8 Å². The maximum Gasteiger partial charge on any atom is 0.205 e. The summed E-state index contributed by atoms with van der Waals surface area (Å²) >= 11 is 4.89. The first-order valence-electron chi connectivity index (χ1n) is 5.46. The number of furan rings is 1. The number of hydrogen-bond donors (Lipinski definition) is 1. The largest absolute Gasteiger partial charge is 0.454 e. The number of aromatic nitrogens is 2. The Kier molecular flexibility index (Phi) is 4.17. The summed E-state index contributed by atoms with van der Waals surface area (Å²) in [4.78, 5) is 0. The van der Waals surface area contributed by atoms with Crippen molar-refractivity contribution in [1.82, 2.24) is 10.2 Å². The van der Waals surface area contributed by atoms with Gasteiger partial charge in [-0.1, -0.05) is 25.2 Å². The van der Waals surface area contributed by atoms with E-state index in [-0.39, 0.29) is 0 Å². The van der Waals surface area contributed by atoms with E-state index in [0.717, 1.165) is 33.5 Å². The molecule has 2 aromatic rings. The van der Waals surface area contributed by atoms with E-state index < -0.39 is 0 Å². The van der Waals surface area contributed by atoms with Gasteiger partial charge in [-0.15, -0.1) is 10.2 Å². The number of hydrogen-bond acceptors (Lipinski definition) is 5. The molecule has 6 heteroatoms. The molecule has 0 bridgehead atoms. The summed E-state index contributed by atoms with van der Waals surface area (Å²) in [5.41, 5.74) is 0. The highest BCUT2D eigenvalue weighted by molar-refractivity contribution is 9.10. The molecule has 0 saturated carbocycles. The van der Waals surface area contributed by atoms with Gasteiger partial charge in [-0.3, -0.25) is 0 Å². The third-order valence-electron chi connectivity index (χ3n) is 2.21. The highest BCUT2D eigenvalue weighted by Gasteiger charge is 2.07. The summed E-state index contributed by atoms with van der Waals surface area (Å²) in [5, 5.41) is 13.4. The Bertz CT molecular complexity index is 481. The second-order valence-corrected chi connectivity index (χ2v) is 5.77. The summed E-state index contributed by atoms with van der Waals surface area (Å²) in [6.45, 7) is 5.03. The van der Waals surface area contributed by atoms with Gasteiger partial charge in [0.05, 0.1) is 0 Å². The third-order valence-corrected chi connectivity index (χ3v) is 3.82. The average Bonchev–Trinajstić information content (AvgIpc) is 2.88. The molecule has 0 atom stereocenters. The lowest BCUT2D eigenvalue weighted by molar-refractivity contribution is 0.491. The fourth-order valence-corrected chi connectivity index (χ4v) is 2.43. The van der Waals surface area contributed by atoms with Gasteiger partial charge in [-0.05, 0) is 28.1 Å². The van der Waals surface area contributed by atoms with Crippen LogP contribution in [0.1, 0.15) is 30.5 Å². The molecule has 0 aliphatic carbocycles. The standard InChI is InChI=1S/C11H14BrN3OS/c1-7(2)10-14-15-11(17-10)13-6-5-8-3-4-9(12)16-8/h3-4,7H,5-6H2,1-2H3,(H,13,15). The first kappa shape index (κ1) is 12.6. The van der Waals surface area contributed by atoms with Gasteiger partial charge < -0.3 is 9.73 Å². The molecule has 4 nitrogen and oxygen atoms in total. The van der Waals surface area contributed by atoms with Gasteiger partial charge >= 0.3 is 0 Å². The summed E-state index contributed by atoms with van der Waals surface area (Å²) in [6, 6.07) is 3.86. The van der Waals surface area contributed by atoms with E-state index >= 15 is 0 Å². The molecular weight excluding hydrogens is 302 g/mol. The van der Waals surface area contributed by atoms with Gasteiger partial charge in [-0.25, -0.2) is 0 Å². The van der Waals surface area contributed by atoms with Crippen LogP contribution in [0.2, 0.25) is 0 Å². The van der Waals surface area contributed by atoms with E-state index in [1.807, 2.05) is 12.1 Å². The van der Waals surface area contributed by atoms with E-state index in [1.54, 1.807) is 11.3 Å². The Balaban J connectivity index is 1.81. The molecule has 0 saturated heterocycles. The molecule has 0 aliphatic rings. The molecule has 0 aromatic carbocycles. The number of halogens is 1. The van der Waals surface area contributed by atoms with Crippen molar-refractivity contribution in [2.24, 2.45) is 0 Å². The van der Waals surface area contributed by atoms with Crippen molar-refractivity contribution in [3.63, 3.8) is 0 Å². The minimum atomic E-state index is 0.434. The van der Waals surface area contributed by atoms with Crippen molar-refractivity contribution in [2.45, 2.75) is 26.2 Å². The van der Waals surface area contributed by atoms with Crippen LogP contribution in [0.4, 0.5) is 5.13 Å². The minimum Gasteiger partial charge on any atom is -0.454 e. The van der Waals surface area contributed by atoms with Crippen molar-refractivity contribution in [3.8, 4) is 0 Å². The predicted octanol–water partition coefficient (Wildman–Crippen LogP) is 3.67. The molecule has 92 valence electrons. The molecule has 0 unspecified atom stereocenters. The average molecular weight is 316 g/mol. The number of nitrogens with zero attached hydrogens (tertiary/aromatic N) is 2. The van der Waals surface area contributed by atoms with Gasteiger partial charge in [0.2, 0.25) is 5.13 Å². The van der Waals surface area contributed by atoms with Crippen LogP contribution in [-0.2, 0) is 6.42 Å². The van der Waals surface area contributed by atoms with E-state index in [1.165, 1.54) is 0 Å². The molecule has 2 heterocycles. The maximum absolute atomic E-state index is 5.41. The fourth-order valence-electron chi connectivity index (χ4n) is 1.32. The quantitative estimate of drug-likeness (QED) is 0.914. The third kappa shape index (κ3) is 3.54. The first-order valence-corrected chi connectivity index (χ1v) is 7.07. The molecule has 17 heavy (non-hydrogen) atoms. The van der Waals surface area contributed by atoms with E-state index in [9.17, 15) is 0 Å². The van der Waals surface area contributed by atoms with E-state index in [0.29, 0.717) is 5.92 Å². The smallest absolute Gasteiger partial charge is 0.205 e. The topological polar surface area (TPSA) is 51.0 Å². The minimum absolute atomic E-state index is 0.434. The zero-order chi connectivity index (χ0) is 12.3. The van der Waals surface area contributed by atoms with Crippen molar-refractivity contribution in [2.75, 3.05) is 11.9 Å². The fraction of sp³-hybridized carbons (Fsp3) is 0.455. The Morgan fingerprint density at radius 3 is 2.82 bits per heavy atom. The molecule has 0 spiro atoms. The predicted molar refractivity (Wildman–Crippen MR) is 72.6 cm³/mol. The molecule has 0 fully saturated rings. The first-order chi connectivity index (χ1) is 8.15. The van der Waals surface area contributed by atoms with Gasteiger partial charge in [-0.2, -0.15) is 0 Å². The van der Waals surface area contributed by atoms with Crippen molar-refractivity contribution >= 4 is 32.4 Å². The lowest BCUT2D eigenvalue weighted by Gasteiger charge is -1.99. The van der Waals surface area contributed by atoms with E-state index in [2.05, 4.69) is 45.3 Å². The Labute approximate surface area is 113 Å². The Morgan fingerprint density at radius 2 is 2.24 bits per heavy atom. The highest BCUT2D eigenvalue weighted by Crippen LogP contribution is 2.22. The molecule has 0 aliphatic heterocycles. The van der Waals surface area contributed by atoms with Crippen LogP contribution in [0.15, 0.2) is 21.2 Å². The second-order valence-electron chi connectivity index (χ2n) is 3.98. The summed E-state index contributed by atoms with van der Waals surface area (Å²) in [5.74, 6) is 1.39. The number of rotatable bonds is 5. The summed E-state index contributed by atoms with van der Waals surface area (Å²) in [7, 11) is 0. The van der Waals surface area contributed by atoms with Gasteiger partial charge in [0.25, 0.3) is 0 Å². The number of nitrogens with one attached hydrogen (secondary N) is 1. The van der Waals surface area contributed by atoms with Crippen molar-refractivity contribution in [3.05, 3.63) is 27.6 Å². The Morgan fingerprint density at radius 1 is 1.41 bits per heavy atom. The Hall–Kier alpha value is -0.880. The van der Waals surface area contributed by atoms with Crippen LogP contribution < -0.4 is 5.32 Å². The van der Waals surface area contributed by atoms with Crippen LogP contribution >= 0.6 is 27.3 Å². The summed E-state index contributed by atoms with van der Waals surface area (Å²) < 4.78 is 6.18. The van der Waals surface area contributed by atoms with Crippen LogP contribution in [0, 0.1) is 0 Å². The molecule has 1 N–H and O–H groups in total. The zero-order valence-corrected chi connectivity index (χ0v) is 12.1. The van der Waals surface area contributed by atoms with Gasteiger partial charge in [0, 0.05) is 18.9 Å². The normalized spacial score (nSPS) is 11.1. The van der Waals surface area contributed by atoms with Crippen LogP contribution in [0.25, 0.3) is 0 Å². The highest BCUT2D eigenvalue weighted by atomic mass is 79.9. The van der Waals surface area contributed by atoms with Crippen molar-refractivity contribution in [1.29, 1.82) is 0 Å². The zero-order valence-electron chi connectivity index (χ0n) is 9.74. The lowest BCUT2D eigenvalue weighted by atomic mass is 10.2. The lowest BCUT2D eigenvalue weighted by Crippen LogP contribution is -2.03. The second kappa shape index (κ2) is 5.64. The van der Waals surface area contributed by atoms with Crippen LogP contribution in [0.3, 0.4) is 0 Å². The molecule has 2 aromatic heterocycles. The molecule has 0 radical (unpaired) electrons. The molecule has 2 rings (SSSR count). The molecule has 0 amide bonds. The molecular formula is C11H14BrN3OS. The maximum atomic E-state index is 5.41. The van der Waals surface area contributed by atoms with Crippen molar-refractivity contribution < 1.29 is 4.42 Å². The monoisotopic (exact) mass is 315 g/mol. The SMILES string of the molecule is CC(C)c1nnc(NCCc2ccc(Br)o2)s1. The van der Waals surface area contributed by atoms with Gasteiger partial charge in [0.15, 0.2) is 4.67 Å².